The van der Waals surface area contributed by atoms with Gasteiger partial charge in [-0.25, -0.2) is 0 Å². The second kappa shape index (κ2) is 5.12. The molecule has 0 saturated heterocycles. The van der Waals surface area contributed by atoms with Crippen molar-refractivity contribution in [1.82, 2.24) is 0 Å². The van der Waals surface area contributed by atoms with E-state index in [1.54, 1.807) is 6.26 Å². The van der Waals surface area contributed by atoms with E-state index in [4.69, 9.17) is 9.83 Å². The van der Waals surface area contributed by atoms with Crippen LogP contribution in [0.4, 0.5) is 0 Å². The third-order valence-corrected chi connectivity index (χ3v) is 2.92. The summed E-state index contributed by atoms with van der Waals surface area (Å²) in [6.07, 6.45) is 3.15. The molecule has 0 saturated carbocycles. The highest BCUT2D eigenvalue weighted by molar-refractivity contribution is 9.10. The second-order valence-electron chi connectivity index (χ2n) is 3.56. The molecule has 1 aromatic carbocycles. The van der Waals surface area contributed by atoms with E-state index in [1.807, 2.05) is 36.4 Å². The van der Waals surface area contributed by atoms with E-state index < -0.39 is 0 Å². The number of halogens is 1. The lowest BCUT2D eigenvalue weighted by Gasteiger charge is -2.03. The van der Waals surface area contributed by atoms with Crippen molar-refractivity contribution in [2.24, 2.45) is 0 Å². The molecule has 0 aliphatic carbocycles. The van der Waals surface area contributed by atoms with Crippen molar-refractivity contribution in [3.63, 3.8) is 0 Å². The predicted molar refractivity (Wildman–Crippen MR) is 68.0 cm³/mol. The number of benzene rings is 1. The summed E-state index contributed by atoms with van der Waals surface area (Å²) in [5.74, 6) is 0.932. The van der Waals surface area contributed by atoms with Gasteiger partial charge in [0.05, 0.1) is 6.26 Å². The van der Waals surface area contributed by atoms with Crippen molar-refractivity contribution in [3.8, 4) is 0 Å². The largest absolute Gasteiger partial charge is 0.469 e. The van der Waals surface area contributed by atoms with Crippen LogP contribution in [0.3, 0.4) is 0 Å². The summed E-state index contributed by atoms with van der Waals surface area (Å²) in [4.78, 5) is 0. The number of aryl methyl sites for hydroxylation is 1. The molecule has 82 valence electrons. The van der Waals surface area contributed by atoms with Crippen LogP contribution in [-0.2, 0) is 6.42 Å². The molecule has 0 unspecified atom stereocenters. The van der Waals surface area contributed by atoms with Gasteiger partial charge in [0.25, 0.3) is 0 Å². The molecule has 0 amide bonds. The van der Waals surface area contributed by atoms with Crippen LogP contribution in [0.1, 0.15) is 17.7 Å². The van der Waals surface area contributed by atoms with Crippen LogP contribution in [0, 0.1) is 5.41 Å². The molecular weight excluding hydrogens is 266 g/mol. The Morgan fingerprint density at radius 2 is 1.94 bits per heavy atom. The van der Waals surface area contributed by atoms with Gasteiger partial charge in [-0.15, -0.1) is 0 Å². The maximum atomic E-state index is 7.95. The average Bonchev–Trinajstić information content (AvgIpc) is 2.80. The van der Waals surface area contributed by atoms with Gasteiger partial charge in [-0.3, -0.25) is 0 Å². The van der Waals surface area contributed by atoms with Crippen LogP contribution in [0.25, 0.3) is 0 Å². The molecule has 1 heterocycles. The standard InChI is InChI=1S/C13H12BrNO/c14-11-5-3-10(4-6-11)13(15)8-7-12-2-1-9-16-12/h1-6,9,15H,7-8H2. The van der Waals surface area contributed by atoms with Crippen LogP contribution < -0.4 is 0 Å². The Labute approximate surface area is 103 Å². The van der Waals surface area contributed by atoms with Gasteiger partial charge >= 0.3 is 0 Å². The zero-order valence-corrected chi connectivity index (χ0v) is 10.3. The molecule has 2 aromatic rings. The van der Waals surface area contributed by atoms with Crippen LogP contribution in [0.15, 0.2) is 51.6 Å². The van der Waals surface area contributed by atoms with E-state index in [1.165, 1.54) is 0 Å². The highest BCUT2D eigenvalue weighted by atomic mass is 79.9. The Bertz CT molecular complexity index is 459. The second-order valence-corrected chi connectivity index (χ2v) is 4.48. The fraction of sp³-hybridized carbons (Fsp3) is 0.154. The number of nitrogens with one attached hydrogen (secondary N) is 1. The topological polar surface area (TPSA) is 37.0 Å². The summed E-state index contributed by atoms with van der Waals surface area (Å²) < 4.78 is 6.27. The Morgan fingerprint density at radius 3 is 2.56 bits per heavy atom. The third-order valence-electron chi connectivity index (χ3n) is 2.39. The van der Waals surface area contributed by atoms with Crippen LogP contribution in [0.2, 0.25) is 0 Å². The summed E-state index contributed by atoms with van der Waals surface area (Å²) in [5, 5.41) is 7.95. The number of rotatable bonds is 4. The molecule has 1 aromatic heterocycles. The predicted octanol–water partition coefficient (Wildman–Crippen LogP) is 4.04. The maximum absolute atomic E-state index is 7.95. The summed E-state index contributed by atoms with van der Waals surface area (Å²) >= 11 is 3.38. The van der Waals surface area contributed by atoms with Crippen molar-refractivity contribution in [1.29, 1.82) is 5.41 Å². The molecule has 0 radical (unpaired) electrons. The van der Waals surface area contributed by atoms with Gasteiger partial charge in [0.1, 0.15) is 5.76 Å². The van der Waals surface area contributed by atoms with E-state index in [2.05, 4.69) is 15.9 Å². The zero-order valence-electron chi connectivity index (χ0n) is 8.74. The average molecular weight is 278 g/mol. The molecule has 0 bridgehead atoms. The smallest absolute Gasteiger partial charge is 0.104 e. The molecule has 0 fully saturated rings. The molecular formula is C13H12BrNO. The Kier molecular flexibility index (Phi) is 3.57. The number of hydrogen-bond acceptors (Lipinski definition) is 2. The molecule has 2 nitrogen and oxygen atoms in total. The Morgan fingerprint density at radius 1 is 1.19 bits per heavy atom. The SMILES string of the molecule is N=C(CCc1ccco1)c1ccc(Br)cc1. The Hall–Kier alpha value is -1.35. The van der Waals surface area contributed by atoms with E-state index >= 15 is 0 Å². The summed E-state index contributed by atoms with van der Waals surface area (Å²) in [5.41, 5.74) is 1.61. The van der Waals surface area contributed by atoms with Gasteiger partial charge in [-0.05, 0) is 36.2 Å². The highest BCUT2D eigenvalue weighted by Crippen LogP contribution is 2.13. The van der Waals surface area contributed by atoms with Gasteiger partial charge in [-0.1, -0.05) is 28.1 Å². The number of hydrogen-bond donors (Lipinski definition) is 1. The van der Waals surface area contributed by atoms with E-state index in [0.29, 0.717) is 12.1 Å². The van der Waals surface area contributed by atoms with Crippen molar-refractivity contribution >= 4 is 21.6 Å². The third kappa shape index (κ3) is 2.83. The van der Waals surface area contributed by atoms with Crippen molar-refractivity contribution in [3.05, 3.63) is 58.5 Å². The summed E-state index contributed by atoms with van der Waals surface area (Å²) in [7, 11) is 0. The molecule has 1 N–H and O–H groups in total. The lowest BCUT2D eigenvalue weighted by Crippen LogP contribution is -2.00. The Balaban J connectivity index is 1.95. The fourth-order valence-corrected chi connectivity index (χ4v) is 1.76. The first kappa shape index (κ1) is 11.1. The van der Waals surface area contributed by atoms with Crippen molar-refractivity contribution in [2.75, 3.05) is 0 Å². The normalized spacial score (nSPS) is 10.3. The van der Waals surface area contributed by atoms with E-state index in [0.717, 1.165) is 22.2 Å². The van der Waals surface area contributed by atoms with E-state index in [9.17, 15) is 0 Å². The molecule has 0 aliphatic rings. The van der Waals surface area contributed by atoms with Crippen molar-refractivity contribution in [2.45, 2.75) is 12.8 Å². The molecule has 16 heavy (non-hydrogen) atoms. The molecule has 0 atom stereocenters. The minimum Gasteiger partial charge on any atom is -0.469 e. The van der Waals surface area contributed by atoms with E-state index in [-0.39, 0.29) is 0 Å². The summed E-state index contributed by atoms with van der Waals surface area (Å²) in [6.45, 7) is 0. The van der Waals surface area contributed by atoms with Crippen LogP contribution >= 0.6 is 15.9 Å². The van der Waals surface area contributed by atoms with Gasteiger partial charge in [0.15, 0.2) is 0 Å². The first-order valence-corrected chi connectivity index (χ1v) is 5.91. The summed E-state index contributed by atoms with van der Waals surface area (Å²) in [6, 6.07) is 11.6. The lowest BCUT2D eigenvalue weighted by atomic mass is 10.1. The highest BCUT2D eigenvalue weighted by Gasteiger charge is 2.03. The lowest BCUT2D eigenvalue weighted by molar-refractivity contribution is 0.512. The first-order valence-electron chi connectivity index (χ1n) is 5.11. The van der Waals surface area contributed by atoms with Gasteiger partial charge in [-0.2, -0.15) is 0 Å². The van der Waals surface area contributed by atoms with Crippen molar-refractivity contribution < 1.29 is 4.42 Å². The minimum atomic E-state index is 0.643. The van der Waals surface area contributed by atoms with Gasteiger partial charge in [0.2, 0.25) is 0 Å². The first-order chi connectivity index (χ1) is 7.75. The maximum Gasteiger partial charge on any atom is 0.104 e. The van der Waals surface area contributed by atoms with Crippen LogP contribution in [0.5, 0.6) is 0 Å². The fourth-order valence-electron chi connectivity index (χ4n) is 1.50. The number of furan rings is 1. The van der Waals surface area contributed by atoms with Crippen LogP contribution in [-0.4, -0.2) is 5.71 Å². The molecule has 0 spiro atoms. The quantitative estimate of drug-likeness (QED) is 0.842. The van der Waals surface area contributed by atoms with Gasteiger partial charge in [0, 0.05) is 16.6 Å². The zero-order chi connectivity index (χ0) is 11.4. The molecule has 0 aliphatic heterocycles. The monoisotopic (exact) mass is 277 g/mol. The minimum absolute atomic E-state index is 0.643. The molecule has 3 heteroatoms. The molecule has 2 rings (SSSR count). The van der Waals surface area contributed by atoms with Gasteiger partial charge < -0.3 is 9.83 Å².